The summed E-state index contributed by atoms with van der Waals surface area (Å²) in [5.41, 5.74) is 1.20. The zero-order valence-corrected chi connectivity index (χ0v) is 14.6. The lowest BCUT2D eigenvalue weighted by atomic mass is 9.97. The Morgan fingerprint density at radius 3 is 2.58 bits per heavy atom. The lowest BCUT2D eigenvalue weighted by Crippen LogP contribution is -2.56. The quantitative estimate of drug-likeness (QED) is 0.572. The summed E-state index contributed by atoms with van der Waals surface area (Å²) in [4.78, 5) is 0. The molecule has 3 heterocycles. The molecule has 0 unspecified atom stereocenters. The average Bonchev–Trinajstić information content (AvgIpc) is 3.15. The molecule has 2 aromatic rings. The Morgan fingerprint density at radius 2 is 2.00 bits per heavy atom. The van der Waals surface area contributed by atoms with Crippen molar-refractivity contribution in [3.63, 3.8) is 0 Å². The van der Waals surface area contributed by atoms with E-state index in [0.717, 1.165) is 0 Å². The molecule has 0 aliphatic carbocycles. The maximum absolute atomic E-state index is 10.4. The topological polar surface area (TPSA) is 132 Å². The highest BCUT2D eigenvalue weighted by atomic mass is 32.1. The maximum atomic E-state index is 10.4. The van der Waals surface area contributed by atoms with E-state index in [1.807, 2.05) is 6.07 Å². The third kappa shape index (κ3) is 2.97. The van der Waals surface area contributed by atoms with Gasteiger partial charge in [0.1, 0.15) is 40.9 Å². The van der Waals surface area contributed by atoms with Crippen LogP contribution in [0.1, 0.15) is 17.5 Å². The lowest BCUT2D eigenvalue weighted by molar-refractivity contribution is -0.252. The van der Waals surface area contributed by atoms with Gasteiger partial charge < -0.3 is 34.1 Å². The molecule has 4 N–H and O–H groups in total. The van der Waals surface area contributed by atoms with Crippen LogP contribution in [0.2, 0.25) is 0 Å². The third-order valence-electron chi connectivity index (χ3n) is 4.46. The molecule has 1 aliphatic rings. The molecule has 5 atom stereocenters. The van der Waals surface area contributed by atoms with Crippen molar-refractivity contribution < 1.29 is 29.6 Å². The first-order valence-corrected chi connectivity index (χ1v) is 8.32. The van der Waals surface area contributed by atoms with Crippen LogP contribution in [0, 0.1) is 22.9 Å². The molecule has 1 aliphatic heterocycles. The van der Waals surface area contributed by atoms with E-state index in [-0.39, 0.29) is 10.2 Å². The number of aryl methyl sites for hydroxylation is 1. The molecule has 3 rings (SSSR count). The SMILES string of the molecule is Cc1cc(-c2ccco2)c(C#N)c(=S)n1[C@@H]1O[C@@H](CO)[C@@H](O)[C@@H](O)[C@H]1O. The number of aromatic nitrogens is 1. The average molecular weight is 378 g/mol. The summed E-state index contributed by atoms with van der Waals surface area (Å²) in [7, 11) is 0. The Labute approximate surface area is 154 Å². The van der Waals surface area contributed by atoms with Gasteiger partial charge in [0.15, 0.2) is 6.23 Å². The van der Waals surface area contributed by atoms with Crippen LogP contribution in [0.5, 0.6) is 0 Å². The van der Waals surface area contributed by atoms with Crippen molar-refractivity contribution >= 4 is 12.2 Å². The smallest absolute Gasteiger partial charge is 0.164 e. The molecule has 0 radical (unpaired) electrons. The van der Waals surface area contributed by atoms with Crippen LogP contribution in [0.25, 0.3) is 11.3 Å². The Morgan fingerprint density at radius 1 is 1.27 bits per heavy atom. The second-order valence-corrected chi connectivity index (χ2v) is 6.44. The largest absolute Gasteiger partial charge is 0.464 e. The van der Waals surface area contributed by atoms with Crippen molar-refractivity contribution in [2.75, 3.05) is 6.61 Å². The Kier molecular flexibility index (Phi) is 5.24. The number of nitriles is 1. The summed E-state index contributed by atoms with van der Waals surface area (Å²) in [6.07, 6.45) is -5.28. The highest BCUT2D eigenvalue weighted by Crippen LogP contribution is 2.33. The van der Waals surface area contributed by atoms with E-state index in [1.54, 1.807) is 25.1 Å². The van der Waals surface area contributed by atoms with E-state index < -0.39 is 37.3 Å². The van der Waals surface area contributed by atoms with E-state index in [0.29, 0.717) is 17.0 Å². The van der Waals surface area contributed by atoms with Gasteiger partial charge in [-0.3, -0.25) is 0 Å². The minimum absolute atomic E-state index is 0.0863. The number of furan rings is 1. The number of hydrogen-bond acceptors (Lipinski definition) is 8. The molecule has 2 aromatic heterocycles. The summed E-state index contributed by atoms with van der Waals surface area (Å²) >= 11 is 5.42. The number of hydrogen-bond donors (Lipinski definition) is 4. The highest BCUT2D eigenvalue weighted by Gasteiger charge is 2.44. The van der Waals surface area contributed by atoms with Crippen molar-refractivity contribution in [3.05, 3.63) is 40.4 Å². The van der Waals surface area contributed by atoms with Gasteiger partial charge in [-0.1, -0.05) is 12.2 Å². The van der Waals surface area contributed by atoms with E-state index in [4.69, 9.17) is 21.4 Å². The van der Waals surface area contributed by atoms with Crippen molar-refractivity contribution in [1.82, 2.24) is 4.57 Å². The molecule has 8 nitrogen and oxygen atoms in total. The number of aliphatic hydroxyl groups is 4. The predicted molar refractivity (Wildman–Crippen MR) is 91.4 cm³/mol. The first kappa shape index (κ1) is 18.7. The molecule has 0 spiro atoms. The molecule has 1 saturated heterocycles. The van der Waals surface area contributed by atoms with Gasteiger partial charge in [0.25, 0.3) is 0 Å². The monoisotopic (exact) mass is 378 g/mol. The van der Waals surface area contributed by atoms with E-state index >= 15 is 0 Å². The number of rotatable bonds is 3. The molecule has 26 heavy (non-hydrogen) atoms. The fourth-order valence-electron chi connectivity index (χ4n) is 3.09. The van der Waals surface area contributed by atoms with Gasteiger partial charge in [0.05, 0.1) is 18.4 Å². The fourth-order valence-corrected chi connectivity index (χ4v) is 3.50. The van der Waals surface area contributed by atoms with E-state index in [1.165, 1.54) is 10.8 Å². The van der Waals surface area contributed by atoms with Gasteiger partial charge in [0.2, 0.25) is 0 Å². The van der Waals surface area contributed by atoms with Crippen LogP contribution in [0.3, 0.4) is 0 Å². The zero-order chi connectivity index (χ0) is 19.0. The van der Waals surface area contributed by atoms with Gasteiger partial charge in [0, 0.05) is 11.3 Å². The Balaban J connectivity index is 2.14. The summed E-state index contributed by atoms with van der Waals surface area (Å²) in [5.74, 6) is 0.469. The van der Waals surface area contributed by atoms with Gasteiger partial charge >= 0.3 is 0 Å². The lowest BCUT2D eigenvalue weighted by Gasteiger charge is -2.41. The van der Waals surface area contributed by atoms with Crippen LogP contribution in [-0.4, -0.2) is 56.0 Å². The van der Waals surface area contributed by atoms with Crippen molar-refractivity contribution in [3.8, 4) is 17.4 Å². The van der Waals surface area contributed by atoms with Crippen LogP contribution >= 0.6 is 12.2 Å². The molecule has 0 bridgehead atoms. The Bertz CT molecular complexity index is 886. The molecule has 0 aromatic carbocycles. The van der Waals surface area contributed by atoms with Gasteiger partial charge in [-0.05, 0) is 25.1 Å². The number of pyridine rings is 1. The van der Waals surface area contributed by atoms with Crippen LogP contribution in [-0.2, 0) is 4.74 Å². The molecular formula is C17H18N2O6S. The molecule has 0 saturated carbocycles. The van der Waals surface area contributed by atoms with Crippen LogP contribution < -0.4 is 0 Å². The van der Waals surface area contributed by atoms with Gasteiger partial charge in [-0.15, -0.1) is 0 Å². The van der Waals surface area contributed by atoms with E-state index in [9.17, 15) is 25.7 Å². The van der Waals surface area contributed by atoms with Crippen LogP contribution in [0.4, 0.5) is 0 Å². The second-order valence-electron chi connectivity index (χ2n) is 6.06. The zero-order valence-electron chi connectivity index (χ0n) is 13.8. The summed E-state index contributed by atoms with van der Waals surface area (Å²) in [6.45, 7) is 1.15. The number of aliphatic hydroxyl groups excluding tert-OH is 4. The van der Waals surface area contributed by atoms with Crippen molar-refractivity contribution in [2.24, 2.45) is 0 Å². The minimum atomic E-state index is -1.54. The van der Waals surface area contributed by atoms with Crippen LogP contribution in [0.15, 0.2) is 28.9 Å². The summed E-state index contributed by atoms with van der Waals surface area (Å²) < 4.78 is 12.4. The number of ether oxygens (including phenoxy) is 1. The minimum Gasteiger partial charge on any atom is -0.464 e. The normalized spacial score (nSPS) is 28.7. The first-order valence-electron chi connectivity index (χ1n) is 7.91. The standard InChI is InChI=1S/C17H18N2O6S/c1-8-5-9(11-3-2-4-24-11)10(6-18)17(26)19(8)16-15(23)14(22)13(21)12(7-20)25-16/h2-5,12-16,20-23H,7H2,1H3/t12-,13+,14+,15+,16+/m0/s1. The van der Waals surface area contributed by atoms with Crippen molar-refractivity contribution in [2.45, 2.75) is 37.6 Å². The predicted octanol–water partition coefficient (Wildman–Crippen LogP) is 0.630. The first-order chi connectivity index (χ1) is 12.4. The molecule has 138 valence electrons. The Hall–Kier alpha value is -2.06. The van der Waals surface area contributed by atoms with Gasteiger partial charge in [-0.25, -0.2) is 0 Å². The molecule has 1 fully saturated rings. The molecular weight excluding hydrogens is 360 g/mol. The fraction of sp³-hybridized carbons (Fsp3) is 0.412. The van der Waals surface area contributed by atoms with E-state index in [2.05, 4.69) is 0 Å². The summed E-state index contributed by atoms with van der Waals surface area (Å²) in [5, 5.41) is 49.2. The molecule has 0 amide bonds. The second kappa shape index (κ2) is 7.28. The van der Waals surface area contributed by atoms with Gasteiger partial charge in [-0.2, -0.15) is 5.26 Å². The third-order valence-corrected chi connectivity index (χ3v) is 4.86. The molecule has 9 heteroatoms. The highest BCUT2D eigenvalue weighted by molar-refractivity contribution is 7.71. The van der Waals surface area contributed by atoms with Crippen molar-refractivity contribution in [1.29, 1.82) is 5.26 Å². The number of nitrogens with zero attached hydrogens (tertiary/aromatic N) is 2. The maximum Gasteiger partial charge on any atom is 0.164 e. The summed E-state index contributed by atoms with van der Waals surface area (Å²) in [6, 6.07) is 7.08.